The molecule has 3 rings (SSSR count). The van der Waals surface area contributed by atoms with E-state index in [4.69, 9.17) is 0 Å². The summed E-state index contributed by atoms with van der Waals surface area (Å²) in [6, 6.07) is 8.08. The molecular formula is C16H17N3O. The fraction of sp³-hybridized carbons (Fsp3) is 0.250. The van der Waals surface area contributed by atoms with Gasteiger partial charge in [-0.3, -0.25) is 0 Å². The Kier molecular flexibility index (Phi) is 3.63. The van der Waals surface area contributed by atoms with Crippen molar-refractivity contribution in [3.63, 3.8) is 0 Å². The first-order valence-electron chi connectivity index (χ1n) is 6.84. The third-order valence-electron chi connectivity index (χ3n) is 3.29. The van der Waals surface area contributed by atoms with Crippen LogP contribution in [0.3, 0.4) is 0 Å². The summed E-state index contributed by atoms with van der Waals surface area (Å²) >= 11 is 0. The first-order valence-corrected chi connectivity index (χ1v) is 6.84. The Morgan fingerprint density at radius 3 is 3.00 bits per heavy atom. The lowest BCUT2D eigenvalue weighted by molar-refractivity contribution is 0.525. The van der Waals surface area contributed by atoms with Crippen molar-refractivity contribution in [2.45, 2.75) is 19.3 Å². The fourth-order valence-corrected chi connectivity index (χ4v) is 2.27. The lowest BCUT2D eigenvalue weighted by atomic mass is 10.2. The third kappa shape index (κ3) is 2.96. The number of aliphatic hydroxyl groups excluding tert-OH is 1. The van der Waals surface area contributed by atoms with Gasteiger partial charge >= 0.3 is 0 Å². The predicted molar refractivity (Wildman–Crippen MR) is 82.6 cm³/mol. The highest BCUT2D eigenvalue weighted by atomic mass is 16.3. The van der Waals surface area contributed by atoms with E-state index in [0.717, 1.165) is 35.6 Å². The lowest BCUT2D eigenvalue weighted by Gasteiger charge is -2.11. The second kappa shape index (κ2) is 5.74. The van der Waals surface area contributed by atoms with E-state index in [1.54, 1.807) is 0 Å². The van der Waals surface area contributed by atoms with E-state index in [1.165, 1.54) is 0 Å². The molecule has 2 heterocycles. The van der Waals surface area contributed by atoms with Crippen molar-refractivity contribution in [3.8, 4) is 0 Å². The van der Waals surface area contributed by atoms with Crippen molar-refractivity contribution < 1.29 is 5.11 Å². The van der Waals surface area contributed by atoms with Gasteiger partial charge in [-0.25, -0.2) is 9.98 Å². The van der Waals surface area contributed by atoms with Crippen LogP contribution >= 0.6 is 0 Å². The SMILES string of the molecule is OC1=NC(CNC2=Nc3ccccc3C=CC2)=CCC1. The first-order chi connectivity index (χ1) is 9.81. The molecule has 0 unspecified atom stereocenters. The molecule has 4 nitrogen and oxygen atoms in total. The number of benzene rings is 1. The molecule has 2 aliphatic heterocycles. The van der Waals surface area contributed by atoms with E-state index in [1.807, 2.05) is 24.3 Å². The summed E-state index contributed by atoms with van der Waals surface area (Å²) in [5.41, 5.74) is 2.99. The Morgan fingerprint density at radius 2 is 2.10 bits per heavy atom. The van der Waals surface area contributed by atoms with Crippen molar-refractivity contribution >= 4 is 23.5 Å². The van der Waals surface area contributed by atoms with Crippen molar-refractivity contribution in [3.05, 3.63) is 47.7 Å². The van der Waals surface area contributed by atoms with Gasteiger partial charge < -0.3 is 10.4 Å². The Labute approximate surface area is 118 Å². The number of allylic oxidation sites excluding steroid dienone is 1. The molecule has 102 valence electrons. The maximum atomic E-state index is 9.43. The smallest absolute Gasteiger partial charge is 0.185 e. The van der Waals surface area contributed by atoms with Gasteiger partial charge in [0.15, 0.2) is 5.90 Å². The van der Waals surface area contributed by atoms with Gasteiger partial charge in [-0.15, -0.1) is 0 Å². The van der Waals surface area contributed by atoms with Crippen molar-refractivity contribution in [1.29, 1.82) is 0 Å². The van der Waals surface area contributed by atoms with Crippen LogP contribution in [0.4, 0.5) is 5.69 Å². The summed E-state index contributed by atoms with van der Waals surface area (Å²) in [5.74, 6) is 1.14. The van der Waals surface area contributed by atoms with Crippen LogP contribution in [0.15, 0.2) is 52.1 Å². The largest absolute Gasteiger partial charge is 0.496 e. The lowest BCUT2D eigenvalue weighted by Crippen LogP contribution is -2.25. The Bertz CT molecular complexity index is 626. The van der Waals surface area contributed by atoms with Crippen molar-refractivity contribution in [2.24, 2.45) is 9.98 Å². The minimum Gasteiger partial charge on any atom is -0.496 e. The number of nitrogens with one attached hydrogen (secondary N) is 1. The van der Waals surface area contributed by atoms with Gasteiger partial charge in [0.2, 0.25) is 0 Å². The number of hydrogen-bond acceptors (Lipinski definition) is 3. The Hall–Kier alpha value is -2.36. The molecule has 20 heavy (non-hydrogen) atoms. The molecule has 1 aromatic carbocycles. The number of fused-ring (bicyclic) bond motifs is 1. The summed E-state index contributed by atoms with van der Waals surface area (Å²) in [6.07, 6.45) is 8.51. The highest BCUT2D eigenvalue weighted by Gasteiger charge is 2.08. The Balaban J connectivity index is 1.71. The number of hydrogen-bond donors (Lipinski definition) is 2. The molecule has 0 spiro atoms. The zero-order chi connectivity index (χ0) is 13.8. The molecule has 0 saturated carbocycles. The predicted octanol–water partition coefficient (Wildman–Crippen LogP) is 3.36. The van der Waals surface area contributed by atoms with Gasteiger partial charge in [0.05, 0.1) is 17.9 Å². The second-order valence-corrected chi connectivity index (χ2v) is 4.84. The minimum absolute atomic E-state index is 0.220. The molecule has 0 aromatic heterocycles. The molecule has 0 amide bonds. The number of para-hydroxylation sites is 1. The van der Waals surface area contributed by atoms with Crippen LogP contribution in [0.2, 0.25) is 0 Å². The molecule has 4 heteroatoms. The van der Waals surface area contributed by atoms with Crippen LogP contribution in [0.1, 0.15) is 24.8 Å². The zero-order valence-corrected chi connectivity index (χ0v) is 11.2. The summed E-state index contributed by atoms with van der Waals surface area (Å²) in [6.45, 7) is 0.596. The monoisotopic (exact) mass is 267 g/mol. The van der Waals surface area contributed by atoms with E-state index in [-0.39, 0.29) is 5.90 Å². The molecule has 0 atom stereocenters. The second-order valence-electron chi connectivity index (χ2n) is 4.84. The molecule has 1 aromatic rings. The summed E-state index contributed by atoms with van der Waals surface area (Å²) in [7, 11) is 0. The summed E-state index contributed by atoms with van der Waals surface area (Å²) < 4.78 is 0. The highest BCUT2D eigenvalue weighted by Crippen LogP contribution is 2.23. The van der Waals surface area contributed by atoms with Crippen LogP contribution in [0.5, 0.6) is 0 Å². The van der Waals surface area contributed by atoms with Crippen LogP contribution < -0.4 is 5.32 Å². The van der Waals surface area contributed by atoms with Crippen molar-refractivity contribution in [2.75, 3.05) is 6.54 Å². The van der Waals surface area contributed by atoms with Gasteiger partial charge in [-0.1, -0.05) is 36.4 Å². The van der Waals surface area contributed by atoms with Crippen LogP contribution in [0.25, 0.3) is 6.08 Å². The maximum absolute atomic E-state index is 9.43. The number of rotatable bonds is 2. The zero-order valence-electron chi connectivity index (χ0n) is 11.2. The van der Waals surface area contributed by atoms with Gasteiger partial charge in [0.1, 0.15) is 5.84 Å². The summed E-state index contributed by atoms with van der Waals surface area (Å²) in [5, 5.41) is 12.7. The van der Waals surface area contributed by atoms with E-state index < -0.39 is 0 Å². The number of amidine groups is 1. The summed E-state index contributed by atoms with van der Waals surface area (Å²) in [4.78, 5) is 8.78. The van der Waals surface area contributed by atoms with E-state index in [9.17, 15) is 5.11 Å². The molecule has 0 bridgehead atoms. The minimum atomic E-state index is 0.220. The molecule has 0 aliphatic carbocycles. The number of aliphatic imine (C=N–C) groups is 2. The molecule has 2 aliphatic rings. The fourth-order valence-electron chi connectivity index (χ4n) is 2.27. The molecular weight excluding hydrogens is 250 g/mol. The van der Waals surface area contributed by atoms with E-state index in [0.29, 0.717) is 13.0 Å². The van der Waals surface area contributed by atoms with Crippen LogP contribution in [0, 0.1) is 0 Å². The van der Waals surface area contributed by atoms with E-state index >= 15 is 0 Å². The molecule has 0 saturated heterocycles. The number of aliphatic hydroxyl groups is 1. The molecule has 0 radical (unpaired) electrons. The average molecular weight is 267 g/mol. The standard InChI is InChI=1S/C16H17N3O/c20-16-10-4-7-13(18-16)11-17-15-9-3-6-12-5-1-2-8-14(12)19-15/h1-3,5-8H,4,9-11H2,(H,17,19)(H,18,20). The molecule has 0 fully saturated rings. The van der Waals surface area contributed by atoms with E-state index in [2.05, 4.69) is 33.5 Å². The highest BCUT2D eigenvalue weighted by molar-refractivity contribution is 5.90. The molecule has 2 N–H and O–H groups in total. The van der Waals surface area contributed by atoms with Crippen molar-refractivity contribution in [1.82, 2.24) is 5.32 Å². The first kappa shape index (κ1) is 12.7. The maximum Gasteiger partial charge on any atom is 0.185 e. The van der Waals surface area contributed by atoms with Gasteiger partial charge in [-0.05, 0) is 18.1 Å². The average Bonchev–Trinajstić information content (AvgIpc) is 2.67. The van der Waals surface area contributed by atoms with Gasteiger partial charge in [0, 0.05) is 12.8 Å². The van der Waals surface area contributed by atoms with Crippen LogP contribution in [-0.4, -0.2) is 23.4 Å². The number of nitrogens with zero attached hydrogens (tertiary/aromatic N) is 2. The topological polar surface area (TPSA) is 57.0 Å². The normalized spacial score (nSPS) is 17.5. The van der Waals surface area contributed by atoms with Gasteiger partial charge in [0.25, 0.3) is 0 Å². The third-order valence-corrected chi connectivity index (χ3v) is 3.29. The Morgan fingerprint density at radius 1 is 1.20 bits per heavy atom. The van der Waals surface area contributed by atoms with Gasteiger partial charge in [-0.2, -0.15) is 0 Å². The quantitative estimate of drug-likeness (QED) is 0.863. The van der Waals surface area contributed by atoms with Crippen LogP contribution in [-0.2, 0) is 0 Å².